The van der Waals surface area contributed by atoms with Crippen LogP contribution < -0.4 is 15.4 Å². The molecule has 0 unspecified atom stereocenters. The summed E-state index contributed by atoms with van der Waals surface area (Å²) in [7, 11) is 0. The smallest absolute Gasteiger partial charge is 0.387 e. The highest BCUT2D eigenvalue weighted by molar-refractivity contribution is 5.79. The van der Waals surface area contributed by atoms with Gasteiger partial charge in [-0.2, -0.15) is 8.78 Å². The Morgan fingerprint density at radius 2 is 2.19 bits per heavy atom. The van der Waals surface area contributed by atoms with Crippen LogP contribution in [0.1, 0.15) is 36.1 Å². The third kappa shape index (κ3) is 4.93. The Morgan fingerprint density at radius 3 is 2.96 bits per heavy atom. The van der Waals surface area contributed by atoms with Gasteiger partial charge in [0.2, 0.25) is 0 Å². The molecule has 0 bridgehead atoms. The maximum Gasteiger partial charge on any atom is 0.387 e. The van der Waals surface area contributed by atoms with Crippen LogP contribution in [0.15, 0.2) is 23.2 Å². The molecule has 3 rings (SSSR count). The second kappa shape index (κ2) is 8.79. The zero-order valence-corrected chi connectivity index (χ0v) is 15.5. The van der Waals surface area contributed by atoms with Gasteiger partial charge in [-0.1, -0.05) is 17.7 Å². The number of benzene rings is 1. The minimum atomic E-state index is -2.86. The highest BCUT2D eigenvalue weighted by Crippen LogP contribution is 2.23. The predicted molar refractivity (Wildman–Crippen MR) is 97.8 cm³/mol. The number of fused-ring (bicyclic) bond motifs is 1. The Labute approximate surface area is 156 Å². The van der Waals surface area contributed by atoms with Gasteiger partial charge >= 0.3 is 6.61 Å². The summed E-state index contributed by atoms with van der Waals surface area (Å²) in [6, 6.07) is 5.09. The number of hydrogen-bond donors (Lipinski definition) is 2. The molecule has 0 radical (unpaired) electrons. The monoisotopic (exact) mass is 378 g/mol. The number of nitrogens with zero attached hydrogens (tertiary/aromatic N) is 4. The molecule has 146 valence electrons. The van der Waals surface area contributed by atoms with Crippen LogP contribution >= 0.6 is 0 Å². The minimum Gasteiger partial charge on any atom is -0.434 e. The van der Waals surface area contributed by atoms with E-state index in [4.69, 9.17) is 0 Å². The normalized spacial score (nSPS) is 13.7. The zero-order valence-electron chi connectivity index (χ0n) is 15.5. The molecule has 0 fully saturated rings. The van der Waals surface area contributed by atoms with Crippen LogP contribution in [-0.4, -0.2) is 33.9 Å². The average Bonchev–Trinajstić information content (AvgIpc) is 3.23. The Bertz CT molecular complexity index is 805. The number of ether oxygens (including phenoxy) is 1. The van der Waals surface area contributed by atoms with Crippen LogP contribution in [0.5, 0.6) is 5.75 Å². The van der Waals surface area contributed by atoms with Crippen molar-refractivity contribution < 1.29 is 13.5 Å². The number of aliphatic imine (C=N–C) groups is 1. The molecule has 0 aliphatic carbocycles. The molecule has 7 nitrogen and oxygen atoms in total. The molecule has 1 aliphatic heterocycles. The molecule has 2 heterocycles. The van der Waals surface area contributed by atoms with E-state index in [0.717, 1.165) is 36.6 Å². The second-order valence-corrected chi connectivity index (χ2v) is 6.33. The minimum absolute atomic E-state index is 0.144. The molecule has 2 N–H and O–H groups in total. The van der Waals surface area contributed by atoms with Gasteiger partial charge in [0, 0.05) is 25.1 Å². The first-order chi connectivity index (χ1) is 13.1. The molecule has 9 heteroatoms. The fourth-order valence-electron chi connectivity index (χ4n) is 3.05. The van der Waals surface area contributed by atoms with Crippen molar-refractivity contribution in [1.29, 1.82) is 0 Å². The topological polar surface area (TPSA) is 76.4 Å². The fraction of sp³-hybridized carbons (Fsp3) is 0.500. The zero-order chi connectivity index (χ0) is 19.2. The molecule has 0 spiro atoms. The van der Waals surface area contributed by atoms with E-state index in [1.165, 1.54) is 0 Å². The molecule has 0 amide bonds. The Kier molecular flexibility index (Phi) is 6.20. The molecular formula is C18H24F2N6O. The Balaban J connectivity index is 1.69. The van der Waals surface area contributed by atoms with Crippen molar-refractivity contribution >= 4 is 5.96 Å². The SMILES string of the molecule is CCNC(=NCc1cc(C)ccc1OC(F)F)NCc1nnc2n1CCC2. The van der Waals surface area contributed by atoms with Gasteiger partial charge in [0.1, 0.15) is 11.6 Å². The number of rotatable bonds is 7. The molecular weight excluding hydrogens is 354 g/mol. The maximum atomic E-state index is 12.6. The third-order valence-corrected chi connectivity index (χ3v) is 4.28. The van der Waals surface area contributed by atoms with Crippen molar-refractivity contribution in [3.8, 4) is 5.75 Å². The predicted octanol–water partition coefficient (Wildman–Crippen LogP) is 2.39. The number of aromatic nitrogens is 3. The van der Waals surface area contributed by atoms with Gasteiger partial charge < -0.3 is 19.9 Å². The Hall–Kier alpha value is -2.71. The molecule has 1 aromatic heterocycles. The summed E-state index contributed by atoms with van der Waals surface area (Å²) in [6.07, 6.45) is 2.05. The van der Waals surface area contributed by atoms with Crippen LogP contribution in [-0.2, 0) is 26.1 Å². The van der Waals surface area contributed by atoms with E-state index in [9.17, 15) is 8.78 Å². The number of aryl methyl sites for hydroxylation is 2. The standard InChI is InChI=1S/C18H24F2N6O/c1-3-21-18(23-11-16-25-24-15-5-4-8-26(15)16)22-10-13-9-12(2)6-7-14(13)27-17(19)20/h6-7,9,17H,3-5,8,10-11H2,1-2H3,(H2,21,22,23). The molecule has 1 aliphatic rings. The number of hydrogen-bond acceptors (Lipinski definition) is 4. The summed E-state index contributed by atoms with van der Waals surface area (Å²) in [6.45, 7) is 3.32. The van der Waals surface area contributed by atoms with Gasteiger partial charge in [-0.3, -0.25) is 0 Å². The van der Waals surface area contributed by atoms with Crippen LogP contribution in [0.2, 0.25) is 0 Å². The number of alkyl halides is 2. The first kappa shape index (κ1) is 19.1. The van der Waals surface area contributed by atoms with Gasteiger partial charge in [0.05, 0.1) is 13.1 Å². The third-order valence-electron chi connectivity index (χ3n) is 4.28. The van der Waals surface area contributed by atoms with Gasteiger partial charge in [0.15, 0.2) is 11.8 Å². The molecule has 0 saturated heterocycles. The van der Waals surface area contributed by atoms with Crippen molar-refractivity contribution in [3.63, 3.8) is 0 Å². The van der Waals surface area contributed by atoms with E-state index >= 15 is 0 Å². The lowest BCUT2D eigenvalue weighted by Crippen LogP contribution is -2.37. The van der Waals surface area contributed by atoms with Crippen molar-refractivity contribution in [3.05, 3.63) is 41.0 Å². The van der Waals surface area contributed by atoms with E-state index < -0.39 is 6.61 Å². The Morgan fingerprint density at radius 1 is 1.33 bits per heavy atom. The van der Waals surface area contributed by atoms with Gasteiger partial charge in [-0.25, -0.2) is 4.99 Å². The van der Waals surface area contributed by atoms with Crippen LogP contribution in [0, 0.1) is 6.92 Å². The summed E-state index contributed by atoms with van der Waals surface area (Å²) >= 11 is 0. The van der Waals surface area contributed by atoms with Crippen molar-refractivity contribution in [2.75, 3.05) is 6.54 Å². The summed E-state index contributed by atoms with van der Waals surface area (Å²) in [5, 5.41) is 14.8. The average molecular weight is 378 g/mol. The molecule has 27 heavy (non-hydrogen) atoms. The first-order valence-corrected chi connectivity index (χ1v) is 9.04. The van der Waals surface area contributed by atoms with E-state index in [0.29, 0.717) is 24.6 Å². The van der Waals surface area contributed by atoms with Crippen LogP contribution in [0.3, 0.4) is 0 Å². The van der Waals surface area contributed by atoms with Gasteiger partial charge in [0.25, 0.3) is 0 Å². The number of guanidine groups is 1. The molecule has 2 aromatic rings. The molecule has 0 atom stereocenters. The van der Waals surface area contributed by atoms with Crippen molar-refractivity contribution in [2.45, 2.75) is 52.9 Å². The summed E-state index contributed by atoms with van der Waals surface area (Å²) in [5.74, 6) is 2.61. The number of halogens is 2. The second-order valence-electron chi connectivity index (χ2n) is 6.33. The van der Waals surface area contributed by atoms with E-state index in [1.807, 2.05) is 13.8 Å². The van der Waals surface area contributed by atoms with Gasteiger partial charge in [-0.05, 0) is 26.3 Å². The lowest BCUT2D eigenvalue weighted by atomic mass is 10.1. The van der Waals surface area contributed by atoms with Gasteiger partial charge in [-0.15, -0.1) is 10.2 Å². The van der Waals surface area contributed by atoms with E-state index in [-0.39, 0.29) is 12.3 Å². The quantitative estimate of drug-likeness (QED) is 0.572. The molecule has 0 saturated carbocycles. The van der Waals surface area contributed by atoms with E-state index in [2.05, 4.69) is 35.1 Å². The highest BCUT2D eigenvalue weighted by atomic mass is 19.3. The lowest BCUT2D eigenvalue weighted by Gasteiger charge is -2.13. The van der Waals surface area contributed by atoms with Crippen molar-refractivity contribution in [2.24, 2.45) is 4.99 Å². The molecule has 1 aromatic carbocycles. The maximum absolute atomic E-state index is 12.6. The van der Waals surface area contributed by atoms with Crippen LogP contribution in [0.25, 0.3) is 0 Å². The number of nitrogens with one attached hydrogen (secondary N) is 2. The first-order valence-electron chi connectivity index (χ1n) is 9.04. The lowest BCUT2D eigenvalue weighted by molar-refractivity contribution is -0.0504. The summed E-state index contributed by atoms with van der Waals surface area (Å²) in [5.41, 5.74) is 1.56. The van der Waals surface area contributed by atoms with E-state index in [1.54, 1.807) is 18.2 Å². The summed E-state index contributed by atoms with van der Waals surface area (Å²) in [4.78, 5) is 4.50. The largest absolute Gasteiger partial charge is 0.434 e. The fourth-order valence-corrected chi connectivity index (χ4v) is 3.05. The summed E-state index contributed by atoms with van der Waals surface area (Å²) < 4.78 is 31.9. The highest BCUT2D eigenvalue weighted by Gasteiger charge is 2.17. The van der Waals surface area contributed by atoms with Crippen LogP contribution in [0.4, 0.5) is 8.78 Å². The van der Waals surface area contributed by atoms with Crippen molar-refractivity contribution in [1.82, 2.24) is 25.4 Å².